The average Bonchev–Trinajstić information content (AvgIpc) is 2.85. The summed E-state index contributed by atoms with van der Waals surface area (Å²) < 4.78 is 2.29. The summed E-state index contributed by atoms with van der Waals surface area (Å²) in [5, 5.41) is 5.53. The number of aryl methyl sites for hydroxylation is 2. The summed E-state index contributed by atoms with van der Waals surface area (Å²) >= 11 is 4.94. The first-order valence-electron chi connectivity index (χ1n) is 6.50. The van der Waals surface area contributed by atoms with Crippen molar-refractivity contribution in [3.8, 4) is 17.1 Å². The fourth-order valence-corrected chi connectivity index (χ4v) is 2.41. The molecule has 0 saturated carbocycles. The van der Waals surface area contributed by atoms with Crippen molar-refractivity contribution >= 4 is 12.2 Å². The summed E-state index contributed by atoms with van der Waals surface area (Å²) in [5.74, 6) is 0.450. The summed E-state index contributed by atoms with van der Waals surface area (Å²) in [6.07, 6.45) is 1.79. The molecule has 0 aliphatic carbocycles. The van der Waals surface area contributed by atoms with E-state index in [-0.39, 0.29) is 5.43 Å². The highest BCUT2D eigenvalue weighted by atomic mass is 32.1. The molecule has 5 nitrogen and oxygen atoms in total. The van der Waals surface area contributed by atoms with E-state index >= 15 is 0 Å². The third-order valence-electron chi connectivity index (χ3n) is 3.28. The molecule has 0 bridgehead atoms. The van der Waals surface area contributed by atoms with Crippen molar-refractivity contribution in [3.05, 3.63) is 62.8 Å². The van der Waals surface area contributed by atoms with Crippen LogP contribution in [-0.4, -0.2) is 19.7 Å². The smallest absolute Gasteiger partial charge is 0.213 e. The fraction of sp³-hybridized carbons (Fsp3) is 0.133. The Kier molecular flexibility index (Phi) is 3.31. The maximum Gasteiger partial charge on any atom is 0.213 e. The number of H-pyrrole nitrogens is 2. The van der Waals surface area contributed by atoms with Gasteiger partial charge in [0.1, 0.15) is 0 Å². The molecule has 0 spiro atoms. The van der Waals surface area contributed by atoms with Gasteiger partial charge in [0, 0.05) is 23.6 Å². The van der Waals surface area contributed by atoms with Gasteiger partial charge in [-0.25, -0.2) is 0 Å². The summed E-state index contributed by atoms with van der Waals surface area (Å²) in [6.45, 7) is 3.94. The minimum Gasteiger partial charge on any atom is -0.320 e. The van der Waals surface area contributed by atoms with E-state index in [2.05, 4.69) is 21.2 Å². The molecule has 0 amide bonds. The predicted octanol–water partition coefficient (Wildman–Crippen LogP) is 2.90. The first-order chi connectivity index (χ1) is 10.0. The minimum atomic E-state index is -0.0887. The van der Waals surface area contributed by atoms with Crippen LogP contribution in [0.2, 0.25) is 0 Å². The molecule has 6 heteroatoms. The van der Waals surface area contributed by atoms with Gasteiger partial charge in [0.25, 0.3) is 0 Å². The van der Waals surface area contributed by atoms with Crippen LogP contribution in [0.5, 0.6) is 0 Å². The van der Waals surface area contributed by atoms with Crippen LogP contribution < -0.4 is 5.43 Å². The standard InChI is InChI=1S/C15H14N4OS/c1-9-4-3-5-11(6-9)19-8-12(13(20)7-10(19)2)14-16-15(21)18-17-14/h3-8H,1-2H3,(H2,16,17,18,21). The lowest BCUT2D eigenvalue weighted by Crippen LogP contribution is -2.12. The Morgan fingerprint density at radius 2 is 2.00 bits per heavy atom. The summed E-state index contributed by atoms with van der Waals surface area (Å²) in [7, 11) is 0. The van der Waals surface area contributed by atoms with Crippen LogP contribution in [-0.2, 0) is 0 Å². The molecule has 0 radical (unpaired) electrons. The molecular formula is C15H14N4OS. The third-order valence-corrected chi connectivity index (χ3v) is 3.47. The topological polar surface area (TPSA) is 66.5 Å². The molecular weight excluding hydrogens is 284 g/mol. The van der Waals surface area contributed by atoms with Crippen LogP contribution >= 0.6 is 12.2 Å². The Labute approximate surface area is 126 Å². The zero-order valence-electron chi connectivity index (χ0n) is 11.7. The number of pyridine rings is 1. The Bertz CT molecular complexity index is 920. The number of hydrogen-bond donors (Lipinski definition) is 2. The Hall–Kier alpha value is -2.47. The minimum absolute atomic E-state index is 0.0887. The van der Waals surface area contributed by atoms with E-state index in [9.17, 15) is 4.79 Å². The van der Waals surface area contributed by atoms with Gasteiger partial charge in [-0.15, -0.1) is 0 Å². The Balaban J connectivity index is 2.23. The van der Waals surface area contributed by atoms with Crippen molar-refractivity contribution in [1.29, 1.82) is 0 Å². The monoisotopic (exact) mass is 298 g/mol. The summed E-state index contributed by atoms with van der Waals surface area (Å²) in [4.78, 5) is 16.3. The molecule has 2 heterocycles. The maximum atomic E-state index is 12.2. The van der Waals surface area contributed by atoms with Crippen LogP contribution in [0.1, 0.15) is 11.3 Å². The van der Waals surface area contributed by atoms with Crippen LogP contribution in [0, 0.1) is 18.6 Å². The SMILES string of the molecule is Cc1cccc(-n2cc(-c3nc(=S)[nH][nH]3)c(=O)cc2C)c1. The lowest BCUT2D eigenvalue weighted by Gasteiger charge is -2.12. The molecule has 0 unspecified atom stereocenters. The molecule has 1 aromatic carbocycles. The van der Waals surface area contributed by atoms with Crippen molar-refractivity contribution in [1.82, 2.24) is 19.7 Å². The number of nitrogens with one attached hydrogen (secondary N) is 2. The summed E-state index contributed by atoms with van der Waals surface area (Å²) in [6, 6.07) is 9.69. The van der Waals surface area contributed by atoms with Gasteiger partial charge in [-0.05, 0) is 43.8 Å². The van der Waals surface area contributed by atoms with Crippen LogP contribution in [0.25, 0.3) is 17.1 Å². The zero-order valence-corrected chi connectivity index (χ0v) is 12.5. The molecule has 0 atom stereocenters. The Morgan fingerprint density at radius 3 is 2.67 bits per heavy atom. The molecule has 2 N–H and O–H groups in total. The van der Waals surface area contributed by atoms with Gasteiger partial charge in [0.15, 0.2) is 11.3 Å². The number of hydrogen-bond acceptors (Lipinski definition) is 3. The average molecular weight is 298 g/mol. The second-order valence-corrected chi connectivity index (χ2v) is 5.30. The molecule has 0 aliphatic rings. The van der Waals surface area contributed by atoms with E-state index in [0.717, 1.165) is 16.9 Å². The molecule has 3 aromatic rings. The molecule has 21 heavy (non-hydrogen) atoms. The van der Waals surface area contributed by atoms with E-state index in [1.54, 1.807) is 12.3 Å². The molecule has 2 aromatic heterocycles. The molecule has 0 aliphatic heterocycles. The number of rotatable bonds is 2. The van der Waals surface area contributed by atoms with Crippen molar-refractivity contribution in [2.45, 2.75) is 13.8 Å². The van der Waals surface area contributed by atoms with E-state index in [1.807, 2.05) is 36.6 Å². The van der Waals surface area contributed by atoms with Crippen molar-refractivity contribution in [2.24, 2.45) is 0 Å². The van der Waals surface area contributed by atoms with E-state index in [1.165, 1.54) is 0 Å². The van der Waals surface area contributed by atoms with Crippen molar-refractivity contribution in [3.63, 3.8) is 0 Å². The van der Waals surface area contributed by atoms with E-state index in [4.69, 9.17) is 12.2 Å². The van der Waals surface area contributed by atoms with Crippen LogP contribution in [0.15, 0.2) is 41.3 Å². The van der Waals surface area contributed by atoms with Gasteiger partial charge in [-0.3, -0.25) is 15.0 Å². The highest BCUT2D eigenvalue weighted by Gasteiger charge is 2.10. The fourth-order valence-electron chi connectivity index (χ4n) is 2.26. The highest BCUT2D eigenvalue weighted by molar-refractivity contribution is 7.71. The summed E-state index contributed by atoms with van der Waals surface area (Å²) in [5.41, 5.74) is 3.42. The van der Waals surface area contributed by atoms with Crippen LogP contribution in [0.3, 0.4) is 0 Å². The second kappa shape index (κ2) is 5.14. The Morgan fingerprint density at radius 1 is 1.19 bits per heavy atom. The van der Waals surface area contributed by atoms with E-state index in [0.29, 0.717) is 16.2 Å². The molecule has 106 valence electrons. The molecule has 3 rings (SSSR count). The largest absolute Gasteiger partial charge is 0.320 e. The number of nitrogens with zero attached hydrogens (tertiary/aromatic N) is 2. The molecule has 0 saturated heterocycles. The molecule has 0 fully saturated rings. The number of benzene rings is 1. The normalized spacial score (nSPS) is 10.8. The van der Waals surface area contributed by atoms with Gasteiger partial charge in [0.2, 0.25) is 4.77 Å². The lowest BCUT2D eigenvalue weighted by molar-refractivity contribution is 0.968. The maximum absolute atomic E-state index is 12.2. The van der Waals surface area contributed by atoms with Crippen molar-refractivity contribution in [2.75, 3.05) is 0 Å². The van der Waals surface area contributed by atoms with Gasteiger partial charge in [-0.2, -0.15) is 4.98 Å². The van der Waals surface area contributed by atoms with Gasteiger partial charge >= 0.3 is 0 Å². The lowest BCUT2D eigenvalue weighted by atomic mass is 10.2. The van der Waals surface area contributed by atoms with E-state index < -0.39 is 0 Å². The van der Waals surface area contributed by atoms with Crippen molar-refractivity contribution < 1.29 is 0 Å². The highest BCUT2D eigenvalue weighted by Crippen LogP contribution is 2.16. The quantitative estimate of drug-likeness (QED) is 0.715. The first-order valence-corrected chi connectivity index (χ1v) is 6.91. The number of aromatic nitrogens is 4. The second-order valence-electron chi connectivity index (χ2n) is 4.92. The predicted molar refractivity (Wildman–Crippen MR) is 84.3 cm³/mol. The zero-order chi connectivity index (χ0) is 15.0. The van der Waals surface area contributed by atoms with Gasteiger partial charge < -0.3 is 4.57 Å². The third kappa shape index (κ3) is 2.57. The number of aromatic amines is 2. The van der Waals surface area contributed by atoms with Gasteiger partial charge in [-0.1, -0.05) is 12.1 Å². The first kappa shape index (κ1) is 13.5. The van der Waals surface area contributed by atoms with Gasteiger partial charge in [0.05, 0.1) is 5.56 Å². The van der Waals surface area contributed by atoms with Crippen LogP contribution in [0.4, 0.5) is 0 Å².